The fourth-order valence-corrected chi connectivity index (χ4v) is 3.58. The van der Waals surface area contributed by atoms with Gasteiger partial charge in [-0.05, 0) is 35.8 Å². The van der Waals surface area contributed by atoms with Gasteiger partial charge in [0.15, 0.2) is 0 Å². The minimum absolute atomic E-state index is 0.370. The number of nitrogens with zero attached hydrogens (tertiary/aromatic N) is 1. The van der Waals surface area contributed by atoms with E-state index in [1.54, 1.807) is 11.3 Å². The molecule has 0 spiro atoms. The van der Waals surface area contributed by atoms with Crippen molar-refractivity contribution in [1.29, 1.82) is 0 Å². The second-order valence-corrected chi connectivity index (χ2v) is 6.81. The van der Waals surface area contributed by atoms with Gasteiger partial charge in [-0.25, -0.2) is 0 Å². The Morgan fingerprint density at radius 1 is 1.56 bits per heavy atom. The molecule has 102 valence electrons. The summed E-state index contributed by atoms with van der Waals surface area (Å²) in [6, 6.07) is 2.72. The number of halogens is 1. The molecule has 0 radical (unpaired) electrons. The lowest BCUT2D eigenvalue weighted by Crippen LogP contribution is -2.49. The zero-order valence-corrected chi connectivity index (χ0v) is 13.4. The van der Waals surface area contributed by atoms with Crippen LogP contribution in [0.2, 0.25) is 0 Å². The predicted octanol–water partition coefficient (Wildman–Crippen LogP) is 2.71. The standard InChI is InChI=1S/C13H21BrN2OS/c1-10-8-17-11(2)7-16(10)4-3-15-6-13-5-12(14)9-18-13/h5,9-11,15H,3-4,6-8H2,1-2H3. The molecule has 5 heteroatoms. The highest BCUT2D eigenvalue weighted by Gasteiger charge is 2.22. The highest BCUT2D eigenvalue weighted by atomic mass is 79.9. The van der Waals surface area contributed by atoms with Crippen molar-refractivity contribution in [2.75, 3.05) is 26.2 Å². The molecule has 1 aliphatic rings. The maximum Gasteiger partial charge on any atom is 0.0674 e. The van der Waals surface area contributed by atoms with Gasteiger partial charge in [-0.2, -0.15) is 0 Å². The first kappa shape index (κ1) is 14.5. The summed E-state index contributed by atoms with van der Waals surface area (Å²) in [6.45, 7) is 9.39. The van der Waals surface area contributed by atoms with E-state index in [-0.39, 0.29) is 0 Å². The van der Waals surface area contributed by atoms with E-state index in [1.807, 2.05) is 0 Å². The minimum Gasteiger partial charge on any atom is -0.376 e. The molecule has 1 saturated heterocycles. The van der Waals surface area contributed by atoms with Crippen molar-refractivity contribution in [2.24, 2.45) is 0 Å². The average molecular weight is 333 g/mol. The molecule has 2 atom stereocenters. The predicted molar refractivity (Wildman–Crippen MR) is 80.2 cm³/mol. The van der Waals surface area contributed by atoms with E-state index in [1.165, 1.54) is 9.35 Å². The number of hydrogen-bond donors (Lipinski definition) is 1. The Morgan fingerprint density at radius 3 is 3.11 bits per heavy atom. The molecule has 1 N–H and O–H groups in total. The van der Waals surface area contributed by atoms with Crippen LogP contribution in [0.4, 0.5) is 0 Å². The summed E-state index contributed by atoms with van der Waals surface area (Å²) >= 11 is 5.27. The molecule has 1 aliphatic heterocycles. The topological polar surface area (TPSA) is 24.5 Å². The Bertz CT molecular complexity index is 372. The third-order valence-electron chi connectivity index (χ3n) is 3.23. The third kappa shape index (κ3) is 4.31. The monoisotopic (exact) mass is 332 g/mol. The molecule has 0 aliphatic carbocycles. The molecule has 2 unspecified atom stereocenters. The maximum absolute atomic E-state index is 5.63. The SMILES string of the molecule is CC1CN(CCNCc2cc(Br)cs2)C(C)CO1. The van der Waals surface area contributed by atoms with Gasteiger partial charge in [0, 0.05) is 47.0 Å². The van der Waals surface area contributed by atoms with Gasteiger partial charge < -0.3 is 10.1 Å². The van der Waals surface area contributed by atoms with Crippen LogP contribution < -0.4 is 5.32 Å². The molecule has 2 heterocycles. The summed E-state index contributed by atoms with van der Waals surface area (Å²) < 4.78 is 6.81. The quantitative estimate of drug-likeness (QED) is 0.839. The van der Waals surface area contributed by atoms with Crippen LogP contribution in [0.1, 0.15) is 18.7 Å². The van der Waals surface area contributed by atoms with Crippen molar-refractivity contribution in [1.82, 2.24) is 10.2 Å². The van der Waals surface area contributed by atoms with E-state index in [4.69, 9.17) is 4.74 Å². The van der Waals surface area contributed by atoms with Crippen molar-refractivity contribution in [2.45, 2.75) is 32.5 Å². The Hall–Kier alpha value is 0.0600. The molecule has 3 nitrogen and oxygen atoms in total. The van der Waals surface area contributed by atoms with Gasteiger partial charge in [0.1, 0.15) is 0 Å². The normalized spacial score (nSPS) is 25.5. The van der Waals surface area contributed by atoms with Crippen molar-refractivity contribution >= 4 is 27.3 Å². The summed E-state index contributed by atoms with van der Waals surface area (Å²) in [5, 5.41) is 5.63. The van der Waals surface area contributed by atoms with Crippen LogP contribution in [-0.4, -0.2) is 43.3 Å². The van der Waals surface area contributed by atoms with E-state index >= 15 is 0 Å². The average Bonchev–Trinajstić information content (AvgIpc) is 2.75. The summed E-state index contributed by atoms with van der Waals surface area (Å²) in [6.07, 6.45) is 0.370. The molecule has 18 heavy (non-hydrogen) atoms. The molecular formula is C13H21BrN2OS. The number of ether oxygens (including phenoxy) is 1. The molecule has 0 bridgehead atoms. The van der Waals surface area contributed by atoms with E-state index in [0.29, 0.717) is 12.1 Å². The van der Waals surface area contributed by atoms with Gasteiger partial charge in [-0.15, -0.1) is 11.3 Å². The van der Waals surface area contributed by atoms with Gasteiger partial charge in [0.25, 0.3) is 0 Å². The van der Waals surface area contributed by atoms with E-state index in [9.17, 15) is 0 Å². The van der Waals surface area contributed by atoms with E-state index in [0.717, 1.165) is 32.8 Å². The molecule has 2 rings (SSSR count). The fourth-order valence-electron chi connectivity index (χ4n) is 2.16. The summed E-state index contributed by atoms with van der Waals surface area (Å²) in [4.78, 5) is 3.89. The lowest BCUT2D eigenvalue weighted by Gasteiger charge is -2.36. The zero-order chi connectivity index (χ0) is 13.0. The number of thiophene rings is 1. The zero-order valence-electron chi connectivity index (χ0n) is 11.0. The summed E-state index contributed by atoms with van der Waals surface area (Å²) in [7, 11) is 0. The number of morpholine rings is 1. The lowest BCUT2D eigenvalue weighted by molar-refractivity contribution is -0.0486. The van der Waals surface area contributed by atoms with Gasteiger partial charge in [0.2, 0.25) is 0 Å². The van der Waals surface area contributed by atoms with E-state index < -0.39 is 0 Å². The summed E-state index contributed by atoms with van der Waals surface area (Å²) in [5.74, 6) is 0. The van der Waals surface area contributed by atoms with Crippen molar-refractivity contribution < 1.29 is 4.74 Å². The first-order chi connectivity index (χ1) is 8.65. The molecular weight excluding hydrogens is 312 g/mol. The highest BCUT2D eigenvalue weighted by Crippen LogP contribution is 2.19. The number of hydrogen-bond acceptors (Lipinski definition) is 4. The first-order valence-corrected chi connectivity index (χ1v) is 8.11. The third-order valence-corrected chi connectivity index (χ3v) is 4.93. The van der Waals surface area contributed by atoms with Crippen LogP contribution in [0.25, 0.3) is 0 Å². The van der Waals surface area contributed by atoms with Crippen LogP contribution in [0.15, 0.2) is 15.9 Å². The Morgan fingerprint density at radius 2 is 2.39 bits per heavy atom. The second kappa shape index (κ2) is 7.01. The molecule has 1 fully saturated rings. The Labute approximate surface area is 122 Å². The fraction of sp³-hybridized carbons (Fsp3) is 0.692. The van der Waals surface area contributed by atoms with Crippen LogP contribution in [-0.2, 0) is 11.3 Å². The number of rotatable bonds is 5. The smallest absolute Gasteiger partial charge is 0.0674 e. The first-order valence-electron chi connectivity index (χ1n) is 6.44. The largest absolute Gasteiger partial charge is 0.376 e. The molecule has 0 amide bonds. The molecule has 0 saturated carbocycles. The van der Waals surface area contributed by atoms with E-state index in [2.05, 4.69) is 51.4 Å². The second-order valence-electron chi connectivity index (χ2n) is 4.90. The Kier molecular flexibility index (Phi) is 5.63. The van der Waals surface area contributed by atoms with Gasteiger partial charge in [0.05, 0.1) is 12.7 Å². The van der Waals surface area contributed by atoms with Crippen LogP contribution >= 0.6 is 27.3 Å². The molecule has 1 aromatic rings. The van der Waals surface area contributed by atoms with Gasteiger partial charge in [-0.3, -0.25) is 4.90 Å². The van der Waals surface area contributed by atoms with Crippen LogP contribution in [0.3, 0.4) is 0 Å². The van der Waals surface area contributed by atoms with Crippen molar-refractivity contribution in [3.8, 4) is 0 Å². The Balaban J connectivity index is 1.65. The summed E-state index contributed by atoms with van der Waals surface area (Å²) in [5.41, 5.74) is 0. The maximum atomic E-state index is 5.63. The molecule has 1 aromatic heterocycles. The van der Waals surface area contributed by atoms with Crippen molar-refractivity contribution in [3.05, 3.63) is 20.8 Å². The lowest BCUT2D eigenvalue weighted by atomic mass is 10.2. The molecule has 0 aromatic carbocycles. The van der Waals surface area contributed by atoms with Crippen molar-refractivity contribution in [3.63, 3.8) is 0 Å². The highest BCUT2D eigenvalue weighted by molar-refractivity contribution is 9.10. The van der Waals surface area contributed by atoms with Crippen LogP contribution in [0, 0.1) is 0 Å². The number of nitrogens with one attached hydrogen (secondary N) is 1. The van der Waals surface area contributed by atoms with Crippen LogP contribution in [0.5, 0.6) is 0 Å². The van der Waals surface area contributed by atoms with Gasteiger partial charge in [-0.1, -0.05) is 0 Å². The minimum atomic E-state index is 0.370. The van der Waals surface area contributed by atoms with Gasteiger partial charge >= 0.3 is 0 Å².